The molecule has 0 fully saturated rings. The Morgan fingerprint density at radius 1 is 0.909 bits per heavy atom. The Morgan fingerprint density at radius 2 is 1.58 bits per heavy atom. The molecule has 1 aromatic heterocycles. The number of aromatic nitrogens is 1. The molecule has 0 bridgehead atoms. The number of hydrogen-bond donors (Lipinski definition) is 2. The summed E-state index contributed by atoms with van der Waals surface area (Å²) in [4.78, 5) is 29.7. The number of rotatable bonds is 8. The van der Waals surface area contributed by atoms with Crippen molar-refractivity contribution in [1.82, 2.24) is 10.3 Å². The summed E-state index contributed by atoms with van der Waals surface area (Å²) in [5.41, 5.74) is 2.83. The summed E-state index contributed by atoms with van der Waals surface area (Å²) in [6.07, 6.45) is 2.21. The molecule has 2 amide bonds. The van der Waals surface area contributed by atoms with E-state index in [4.69, 9.17) is 4.42 Å². The second-order valence-electron chi connectivity index (χ2n) is 7.68. The summed E-state index contributed by atoms with van der Waals surface area (Å²) in [5.74, 6) is 0.695. The van der Waals surface area contributed by atoms with Crippen LogP contribution >= 0.6 is 0 Å². The molecule has 0 radical (unpaired) electrons. The summed E-state index contributed by atoms with van der Waals surface area (Å²) in [6.45, 7) is 1.93. The van der Waals surface area contributed by atoms with Crippen LogP contribution < -0.4 is 10.6 Å². The average Bonchev–Trinajstić information content (AvgIpc) is 3.33. The van der Waals surface area contributed by atoms with Crippen molar-refractivity contribution in [2.24, 2.45) is 0 Å². The van der Waals surface area contributed by atoms with E-state index >= 15 is 0 Å². The zero-order valence-electron chi connectivity index (χ0n) is 18.3. The average molecular weight is 440 g/mol. The molecule has 6 heteroatoms. The normalized spacial score (nSPS) is 11.5. The minimum absolute atomic E-state index is 0.161. The maximum absolute atomic E-state index is 12.9. The molecule has 2 N–H and O–H groups in total. The van der Waals surface area contributed by atoms with Gasteiger partial charge in [-0.15, -0.1) is 0 Å². The van der Waals surface area contributed by atoms with E-state index in [2.05, 4.69) is 15.6 Å². The molecule has 0 saturated heterocycles. The van der Waals surface area contributed by atoms with Gasteiger partial charge >= 0.3 is 0 Å². The van der Waals surface area contributed by atoms with Crippen molar-refractivity contribution in [3.8, 4) is 11.3 Å². The molecule has 6 nitrogen and oxygen atoms in total. The SMILES string of the molecule is CC(NC(=O)c1ccccc1NC(=O)CCc1ncc(-c2ccccc2)o1)c1ccccc1. The van der Waals surface area contributed by atoms with E-state index < -0.39 is 0 Å². The van der Waals surface area contributed by atoms with Crippen LogP contribution in [0.15, 0.2) is 95.5 Å². The molecule has 33 heavy (non-hydrogen) atoms. The Morgan fingerprint density at radius 3 is 2.33 bits per heavy atom. The first-order valence-electron chi connectivity index (χ1n) is 10.8. The first-order chi connectivity index (χ1) is 16.1. The van der Waals surface area contributed by atoms with Crippen molar-refractivity contribution in [3.63, 3.8) is 0 Å². The Balaban J connectivity index is 1.36. The highest BCUT2D eigenvalue weighted by atomic mass is 16.4. The molecule has 1 heterocycles. The zero-order chi connectivity index (χ0) is 23.0. The van der Waals surface area contributed by atoms with Crippen LogP contribution in [0.3, 0.4) is 0 Å². The molecule has 0 aliphatic carbocycles. The molecular weight excluding hydrogens is 414 g/mol. The summed E-state index contributed by atoms with van der Waals surface area (Å²) in [7, 11) is 0. The van der Waals surface area contributed by atoms with Gasteiger partial charge in [-0.1, -0.05) is 72.8 Å². The molecule has 0 spiro atoms. The number of carbonyl (C=O) groups is 2. The van der Waals surface area contributed by atoms with E-state index in [9.17, 15) is 9.59 Å². The largest absolute Gasteiger partial charge is 0.441 e. The third kappa shape index (κ3) is 5.74. The monoisotopic (exact) mass is 439 g/mol. The van der Waals surface area contributed by atoms with Gasteiger partial charge in [0, 0.05) is 18.4 Å². The first kappa shape index (κ1) is 22.0. The fourth-order valence-corrected chi connectivity index (χ4v) is 3.48. The van der Waals surface area contributed by atoms with Gasteiger partial charge in [0.25, 0.3) is 5.91 Å². The Kier molecular flexibility index (Phi) is 6.95. The van der Waals surface area contributed by atoms with Gasteiger partial charge in [-0.05, 0) is 24.6 Å². The first-order valence-corrected chi connectivity index (χ1v) is 10.8. The van der Waals surface area contributed by atoms with Gasteiger partial charge in [-0.3, -0.25) is 9.59 Å². The number of amides is 2. The van der Waals surface area contributed by atoms with Crippen molar-refractivity contribution in [2.45, 2.75) is 25.8 Å². The summed E-state index contributed by atoms with van der Waals surface area (Å²) < 4.78 is 5.76. The molecule has 3 aromatic carbocycles. The number of anilines is 1. The molecular formula is C27H25N3O3. The Labute approximate surface area is 192 Å². The molecule has 4 aromatic rings. The number of hydrogen-bond acceptors (Lipinski definition) is 4. The maximum Gasteiger partial charge on any atom is 0.253 e. The highest BCUT2D eigenvalue weighted by Gasteiger charge is 2.16. The van der Waals surface area contributed by atoms with Gasteiger partial charge in [0.05, 0.1) is 23.5 Å². The van der Waals surface area contributed by atoms with Crippen molar-refractivity contribution in [2.75, 3.05) is 5.32 Å². The predicted octanol–water partition coefficient (Wildman–Crippen LogP) is 5.40. The molecule has 0 aliphatic rings. The van der Waals surface area contributed by atoms with Gasteiger partial charge in [0.1, 0.15) is 0 Å². The van der Waals surface area contributed by atoms with E-state index in [0.717, 1.165) is 11.1 Å². The van der Waals surface area contributed by atoms with Crippen molar-refractivity contribution < 1.29 is 14.0 Å². The molecule has 1 atom stereocenters. The molecule has 0 saturated carbocycles. The predicted molar refractivity (Wildman–Crippen MR) is 128 cm³/mol. The van der Waals surface area contributed by atoms with E-state index in [0.29, 0.717) is 29.3 Å². The lowest BCUT2D eigenvalue weighted by Crippen LogP contribution is -2.28. The number of oxazole rings is 1. The van der Waals surface area contributed by atoms with E-state index in [1.807, 2.05) is 67.6 Å². The minimum atomic E-state index is -0.248. The smallest absolute Gasteiger partial charge is 0.253 e. The number of benzene rings is 3. The quantitative estimate of drug-likeness (QED) is 0.385. The second-order valence-corrected chi connectivity index (χ2v) is 7.68. The number of aryl methyl sites for hydroxylation is 1. The van der Waals surface area contributed by atoms with E-state index in [1.54, 1.807) is 30.5 Å². The number of nitrogens with zero attached hydrogens (tertiary/aromatic N) is 1. The van der Waals surface area contributed by atoms with Gasteiger partial charge in [0.2, 0.25) is 5.91 Å². The molecule has 166 valence electrons. The van der Waals surface area contributed by atoms with Gasteiger partial charge < -0.3 is 15.1 Å². The molecule has 1 unspecified atom stereocenters. The van der Waals surface area contributed by atoms with Crippen LogP contribution in [0.2, 0.25) is 0 Å². The van der Waals surface area contributed by atoms with Crippen LogP contribution in [-0.4, -0.2) is 16.8 Å². The van der Waals surface area contributed by atoms with E-state index in [-0.39, 0.29) is 24.3 Å². The standard InChI is InChI=1S/C27H25N3O3/c1-19(20-10-4-2-5-11-20)29-27(32)22-14-8-9-15-23(22)30-25(31)16-17-26-28-18-24(33-26)21-12-6-3-7-13-21/h2-15,18-19H,16-17H2,1H3,(H,29,32)(H,30,31). The number of para-hydroxylation sites is 1. The minimum Gasteiger partial charge on any atom is -0.441 e. The lowest BCUT2D eigenvalue weighted by Gasteiger charge is -2.16. The summed E-state index contributed by atoms with van der Waals surface area (Å²) in [5, 5.41) is 5.83. The van der Waals surface area contributed by atoms with Gasteiger partial charge in [-0.25, -0.2) is 4.98 Å². The van der Waals surface area contributed by atoms with Gasteiger partial charge in [0.15, 0.2) is 11.7 Å². The van der Waals surface area contributed by atoms with Crippen LogP contribution in [0.25, 0.3) is 11.3 Å². The van der Waals surface area contributed by atoms with Crippen molar-refractivity contribution >= 4 is 17.5 Å². The van der Waals surface area contributed by atoms with Crippen LogP contribution in [0, 0.1) is 0 Å². The highest BCUT2D eigenvalue weighted by molar-refractivity contribution is 6.03. The maximum atomic E-state index is 12.9. The van der Waals surface area contributed by atoms with E-state index in [1.165, 1.54) is 0 Å². The third-order valence-corrected chi connectivity index (χ3v) is 5.27. The molecule has 4 rings (SSSR count). The second kappa shape index (κ2) is 10.4. The fraction of sp³-hybridized carbons (Fsp3) is 0.148. The van der Waals surface area contributed by atoms with Crippen LogP contribution in [0.5, 0.6) is 0 Å². The van der Waals surface area contributed by atoms with Gasteiger partial charge in [-0.2, -0.15) is 0 Å². The summed E-state index contributed by atoms with van der Waals surface area (Å²) in [6, 6.07) is 26.2. The topological polar surface area (TPSA) is 84.2 Å². The zero-order valence-corrected chi connectivity index (χ0v) is 18.3. The van der Waals surface area contributed by atoms with Crippen LogP contribution in [-0.2, 0) is 11.2 Å². The Bertz CT molecular complexity index is 1220. The van der Waals surface area contributed by atoms with Crippen molar-refractivity contribution in [1.29, 1.82) is 0 Å². The van der Waals surface area contributed by atoms with Crippen LogP contribution in [0.4, 0.5) is 5.69 Å². The highest BCUT2D eigenvalue weighted by Crippen LogP contribution is 2.21. The fourth-order valence-electron chi connectivity index (χ4n) is 3.48. The summed E-state index contributed by atoms with van der Waals surface area (Å²) >= 11 is 0. The lowest BCUT2D eigenvalue weighted by molar-refractivity contribution is -0.116. The van der Waals surface area contributed by atoms with Crippen LogP contribution in [0.1, 0.15) is 41.2 Å². The van der Waals surface area contributed by atoms with Crippen molar-refractivity contribution in [3.05, 3.63) is 108 Å². The number of carbonyl (C=O) groups excluding carboxylic acids is 2. The molecule has 0 aliphatic heterocycles. The lowest BCUT2D eigenvalue weighted by atomic mass is 10.1. The third-order valence-electron chi connectivity index (χ3n) is 5.27. The Hall–Kier alpha value is -4.19. The number of nitrogens with one attached hydrogen (secondary N) is 2.